The molecule has 0 radical (unpaired) electrons. The molecule has 0 bridgehead atoms. The Bertz CT molecular complexity index is 488. The summed E-state index contributed by atoms with van der Waals surface area (Å²) in [7, 11) is 4.24. The van der Waals surface area contributed by atoms with Crippen molar-refractivity contribution in [2.24, 2.45) is 5.92 Å². The van der Waals surface area contributed by atoms with E-state index in [-0.39, 0.29) is 0 Å². The largest absolute Gasteiger partial charge is 0.460 e. The average Bonchev–Trinajstić information content (AvgIpc) is 2.77. The molecule has 0 fully saturated rings. The number of rotatable bonds is 7. The van der Waals surface area contributed by atoms with Gasteiger partial charge in [0.2, 0.25) is 0 Å². The molecule has 2 rings (SSSR count). The molecule has 1 aromatic carbocycles. The van der Waals surface area contributed by atoms with Gasteiger partial charge in [-0.25, -0.2) is 0 Å². The highest BCUT2D eigenvalue weighted by Gasteiger charge is 2.12. The first kappa shape index (κ1) is 15.1. The van der Waals surface area contributed by atoms with Gasteiger partial charge in [-0.2, -0.15) is 0 Å². The van der Waals surface area contributed by atoms with Crippen LogP contribution in [0.15, 0.2) is 34.7 Å². The molecule has 0 aliphatic rings. The summed E-state index contributed by atoms with van der Waals surface area (Å²) in [6, 6.07) is 10.8. The van der Waals surface area contributed by atoms with Crippen molar-refractivity contribution in [1.82, 2.24) is 10.2 Å². The van der Waals surface area contributed by atoms with Gasteiger partial charge in [0.15, 0.2) is 0 Å². The lowest BCUT2D eigenvalue weighted by atomic mass is 10.0. The maximum atomic E-state index is 5.85. The number of hydrogen-bond acceptors (Lipinski definition) is 3. The average molecular weight is 274 g/mol. The Morgan fingerprint density at radius 2 is 1.95 bits per heavy atom. The van der Waals surface area contributed by atoms with Crippen LogP contribution < -0.4 is 5.32 Å². The Kier molecular flexibility index (Phi) is 5.21. The topological polar surface area (TPSA) is 28.4 Å². The minimum atomic E-state index is 0.498. The lowest BCUT2D eigenvalue weighted by Gasteiger charge is -2.23. The van der Waals surface area contributed by atoms with Crippen molar-refractivity contribution >= 4 is 11.0 Å². The summed E-state index contributed by atoms with van der Waals surface area (Å²) >= 11 is 0. The van der Waals surface area contributed by atoms with E-state index >= 15 is 0 Å². The Morgan fingerprint density at radius 1 is 1.20 bits per heavy atom. The third kappa shape index (κ3) is 4.36. The van der Waals surface area contributed by atoms with Crippen molar-refractivity contribution in [2.75, 3.05) is 20.6 Å². The van der Waals surface area contributed by atoms with E-state index in [2.05, 4.69) is 50.3 Å². The van der Waals surface area contributed by atoms with Gasteiger partial charge in [0, 0.05) is 18.0 Å². The van der Waals surface area contributed by atoms with E-state index in [4.69, 9.17) is 4.42 Å². The molecular weight excluding hydrogens is 248 g/mol. The van der Waals surface area contributed by atoms with Crippen LogP contribution >= 0.6 is 0 Å². The zero-order chi connectivity index (χ0) is 14.5. The second-order valence-corrected chi connectivity index (χ2v) is 6.22. The number of hydrogen-bond donors (Lipinski definition) is 1. The number of para-hydroxylation sites is 1. The molecule has 20 heavy (non-hydrogen) atoms. The predicted molar refractivity (Wildman–Crippen MR) is 84.9 cm³/mol. The minimum absolute atomic E-state index is 0.498. The number of fused-ring (bicyclic) bond motifs is 1. The first-order valence-corrected chi connectivity index (χ1v) is 7.40. The highest BCUT2D eigenvalue weighted by Crippen LogP contribution is 2.19. The molecule has 0 amide bonds. The van der Waals surface area contributed by atoms with Gasteiger partial charge in [-0.15, -0.1) is 0 Å². The third-order valence-corrected chi connectivity index (χ3v) is 3.38. The monoisotopic (exact) mass is 274 g/mol. The second kappa shape index (κ2) is 6.91. The maximum absolute atomic E-state index is 5.85. The van der Waals surface area contributed by atoms with Crippen molar-refractivity contribution in [2.45, 2.75) is 32.9 Å². The Labute approximate surface area is 122 Å². The molecule has 3 heteroatoms. The first-order valence-electron chi connectivity index (χ1n) is 7.40. The number of benzene rings is 1. The second-order valence-electron chi connectivity index (χ2n) is 6.22. The summed E-state index contributed by atoms with van der Waals surface area (Å²) < 4.78 is 5.85. The van der Waals surface area contributed by atoms with E-state index in [0.717, 1.165) is 24.4 Å². The zero-order valence-electron chi connectivity index (χ0n) is 13.0. The van der Waals surface area contributed by atoms with Crippen LogP contribution in [-0.4, -0.2) is 31.6 Å². The lowest BCUT2D eigenvalue weighted by molar-refractivity contribution is 0.299. The summed E-state index contributed by atoms with van der Waals surface area (Å²) in [6.45, 7) is 6.38. The molecule has 110 valence electrons. The fourth-order valence-corrected chi connectivity index (χ4v) is 2.60. The number of nitrogens with zero attached hydrogens (tertiary/aromatic N) is 1. The van der Waals surface area contributed by atoms with Crippen molar-refractivity contribution < 1.29 is 4.42 Å². The fourth-order valence-electron chi connectivity index (χ4n) is 2.60. The molecule has 1 aromatic heterocycles. The molecule has 1 N–H and O–H groups in total. The van der Waals surface area contributed by atoms with Crippen LogP contribution in [0.2, 0.25) is 0 Å². The molecular formula is C17H26N2O. The van der Waals surface area contributed by atoms with Crippen LogP contribution in [0.5, 0.6) is 0 Å². The zero-order valence-corrected chi connectivity index (χ0v) is 13.0. The van der Waals surface area contributed by atoms with Gasteiger partial charge in [-0.05, 0) is 38.6 Å². The van der Waals surface area contributed by atoms with Gasteiger partial charge in [-0.3, -0.25) is 0 Å². The molecule has 2 aromatic rings. The van der Waals surface area contributed by atoms with Crippen LogP contribution in [0.3, 0.4) is 0 Å². The van der Waals surface area contributed by atoms with Crippen LogP contribution in [0.25, 0.3) is 11.0 Å². The van der Waals surface area contributed by atoms with E-state index in [9.17, 15) is 0 Å². The predicted octanol–water partition coefficient (Wildman–Crippen LogP) is 3.50. The van der Waals surface area contributed by atoms with Crippen molar-refractivity contribution in [3.8, 4) is 0 Å². The van der Waals surface area contributed by atoms with Crippen molar-refractivity contribution in [3.05, 3.63) is 36.1 Å². The number of furan rings is 1. The molecule has 1 heterocycles. The maximum Gasteiger partial charge on any atom is 0.134 e. The molecule has 1 atom stereocenters. The quantitative estimate of drug-likeness (QED) is 0.837. The number of likely N-dealkylation sites (N-methyl/N-ethyl adjacent to an activating group) is 1. The summed E-state index contributed by atoms with van der Waals surface area (Å²) in [5.41, 5.74) is 0.970. The SMILES string of the molecule is CC(C)CC(CN(C)C)NCc1cc2ccccc2o1. The summed E-state index contributed by atoms with van der Waals surface area (Å²) in [5, 5.41) is 4.80. The molecule has 1 unspecified atom stereocenters. The van der Waals surface area contributed by atoms with Crippen LogP contribution in [0.4, 0.5) is 0 Å². The van der Waals surface area contributed by atoms with Gasteiger partial charge in [0.05, 0.1) is 6.54 Å². The van der Waals surface area contributed by atoms with Crippen LogP contribution in [0, 0.1) is 5.92 Å². The minimum Gasteiger partial charge on any atom is -0.460 e. The highest BCUT2D eigenvalue weighted by atomic mass is 16.3. The summed E-state index contributed by atoms with van der Waals surface area (Å²) in [4.78, 5) is 2.23. The third-order valence-electron chi connectivity index (χ3n) is 3.38. The van der Waals surface area contributed by atoms with E-state index in [1.165, 1.54) is 11.8 Å². The van der Waals surface area contributed by atoms with Gasteiger partial charge in [0.1, 0.15) is 11.3 Å². The highest BCUT2D eigenvalue weighted by molar-refractivity contribution is 5.77. The molecule has 0 aliphatic heterocycles. The van der Waals surface area contributed by atoms with Crippen LogP contribution in [0.1, 0.15) is 26.0 Å². The normalized spacial score (nSPS) is 13.5. The van der Waals surface area contributed by atoms with Gasteiger partial charge in [-0.1, -0.05) is 32.0 Å². The first-order chi connectivity index (χ1) is 9.54. The van der Waals surface area contributed by atoms with Gasteiger partial charge in [0.25, 0.3) is 0 Å². The molecule has 0 saturated heterocycles. The Balaban J connectivity index is 1.97. The summed E-state index contributed by atoms with van der Waals surface area (Å²) in [5.74, 6) is 1.71. The molecule has 0 saturated carbocycles. The Hall–Kier alpha value is -1.32. The van der Waals surface area contributed by atoms with Gasteiger partial charge >= 0.3 is 0 Å². The fraction of sp³-hybridized carbons (Fsp3) is 0.529. The van der Waals surface area contributed by atoms with E-state index in [0.29, 0.717) is 12.0 Å². The van der Waals surface area contributed by atoms with Gasteiger partial charge < -0.3 is 14.6 Å². The standard InChI is InChI=1S/C17H26N2O/c1-13(2)9-15(12-19(3)4)18-11-16-10-14-7-5-6-8-17(14)20-16/h5-8,10,13,15,18H,9,11-12H2,1-4H3. The molecule has 3 nitrogen and oxygen atoms in total. The smallest absolute Gasteiger partial charge is 0.134 e. The molecule has 0 aliphatic carbocycles. The lowest BCUT2D eigenvalue weighted by Crippen LogP contribution is -2.38. The van der Waals surface area contributed by atoms with E-state index in [1.807, 2.05) is 18.2 Å². The van der Waals surface area contributed by atoms with Crippen LogP contribution in [-0.2, 0) is 6.54 Å². The Morgan fingerprint density at radius 3 is 2.60 bits per heavy atom. The molecule has 0 spiro atoms. The number of nitrogens with one attached hydrogen (secondary N) is 1. The van der Waals surface area contributed by atoms with E-state index < -0.39 is 0 Å². The van der Waals surface area contributed by atoms with Crippen molar-refractivity contribution in [3.63, 3.8) is 0 Å². The summed E-state index contributed by atoms with van der Waals surface area (Å²) in [6.07, 6.45) is 1.18. The van der Waals surface area contributed by atoms with E-state index in [1.54, 1.807) is 0 Å². The van der Waals surface area contributed by atoms with Crippen molar-refractivity contribution in [1.29, 1.82) is 0 Å².